The summed E-state index contributed by atoms with van der Waals surface area (Å²) in [4.78, 5) is 17.1. The van der Waals surface area contributed by atoms with Gasteiger partial charge in [-0.05, 0) is 43.8 Å². The molecule has 7 heteroatoms. The second kappa shape index (κ2) is 8.99. The first-order valence-corrected chi connectivity index (χ1v) is 9.51. The van der Waals surface area contributed by atoms with Crippen LogP contribution in [-0.2, 0) is 4.79 Å². The number of methoxy groups -OCH3 is 1. The SMILES string of the molecule is COc1ccccc1C(NC(=O)CC(C)C1CCNCC1)c1noc(C)n1. The van der Waals surface area contributed by atoms with Crippen molar-refractivity contribution in [2.45, 2.75) is 39.2 Å². The van der Waals surface area contributed by atoms with E-state index in [0.717, 1.165) is 31.5 Å². The monoisotopic (exact) mass is 372 g/mol. The standard InChI is InChI=1S/C20H28N4O3/c1-13(15-8-10-21-11-9-15)12-18(25)23-19(20-22-14(2)27-24-20)16-6-4-5-7-17(16)26-3/h4-7,13,15,19,21H,8-12H2,1-3H3,(H,23,25). The zero-order valence-electron chi connectivity index (χ0n) is 16.2. The molecule has 1 aromatic carbocycles. The molecule has 0 saturated carbocycles. The van der Waals surface area contributed by atoms with Gasteiger partial charge in [0, 0.05) is 18.9 Å². The highest BCUT2D eigenvalue weighted by Crippen LogP contribution is 2.29. The Balaban J connectivity index is 1.76. The van der Waals surface area contributed by atoms with Crippen molar-refractivity contribution in [3.8, 4) is 5.75 Å². The van der Waals surface area contributed by atoms with Gasteiger partial charge < -0.3 is 19.9 Å². The van der Waals surface area contributed by atoms with E-state index < -0.39 is 6.04 Å². The third-order valence-electron chi connectivity index (χ3n) is 5.25. The number of rotatable bonds is 7. The molecule has 3 rings (SSSR count). The smallest absolute Gasteiger partial charge is 0.223 e. The van der Waals surface area contributed by atoms with Crippen molar-refractivity contribution < 1.29 is 14.1 Å². The quantitative estimate of drug-likeness (QED) is 0.777. The van der Waals surface area contributed by atoms with E-state index in [1.54, 1.807) is 14.0 Å². The second-order valence-corrected chi connectivity index (χ2v) is 7.18. The zero-order chi connectivity index (χ0) is 19.2. The second-order valence-electron chi connectivity index (χ2n) is 7.18. The third kappa shape index (κ3) is 4.86. The average Bonchev–Trinajstić information content (AvgIpc) is 3.13. The fourth-order valence-corrected chi connectivity index (χ4v) is 3.71. The first kappa shape index (κ1) is 19.4. The number of benzene rings is 1. The van der Waals surface area contributed by atoms with Crippen molar-refractivity contribution in [2.75, 3.05) is 20.2 Å². The van der Waals surface area contributed by atoms with Crippen LogP contribution in [0, 0.1) is 18.8 Å². The van der Waals surface area contributed by atoms with Gasteiger partial charge in [0.1, 0.15) is 11.8 Å². The first-order valence-electron chi connectivity index (χ1n) is 9.51. The lowest BCUT2D eigenvalue weighted by molar-refractivity contribution is -0.122. The Kier molecular flexibility index (Phi) is 6.45. The molecule has 1 saturated heterocycles. The molecule has 1 aliphatic rings. The molecule has 1 fully saturated rings. The molecule has 2 atom stereocenters. The van der Waals surface area contributed by atoms with Crippen LogP contribution < -0.4 is 15.4 Å². The molecular formula is C20H28N4O3. The Morgan fingerprint density at radius 2 is 2.11 bits per heavy atom. The number of aromatic nitrogens is 2. The average molecular weight is 372 g/mol. The minimum atomic E-state index is -0.508. The van der Waals surface area contributed by atoms with Crippen LogP contribution in [0.25, 0.3) is 0 Å². The molecule has 1 aromatic heterocycles. The highest BCUT2D eigenvalue weighted by molar-refractivity contribution is 5.77. The van der Waals surface area contributed by atoms with E-state index in [4.69, 9.17) is 9.26 Å². The van der Waals surface area contributed by atoms with Crippen molar-refractivity contribution in [1.82, 2.24) is 20.8 Å². The molecule has 0 radical (unpaired) electrons. The van der Waals surface area contributed by atoms with E-state index in [0.29, 0.717) is 35.7 Å². The molecule has 27 heavy (non-hydrogen) atoms. The molecule has 0 spiro atoms. The number of ether oxygens (including phenoxy) is 1. The maximum absolute atomic E-state index is 12.8. The summed E-state index contributed by atoms with van der Waals surface area (Å²) in [5.41, 5.74) is 0.809. The molecule has 2 heterocycles. The van der Waals surface area contributed by atoms with Crippen molar-refractivity contribution in [2.24, 2.45) is 11.8 Å². The van der Waals surface area contributed by atoms with Gasteiger partial charge in [-0.2, -0.15) is 4.98 Å². The van der Waals surface area contributed by atoms with Crippen molar-refractivity contribution >= 4 is 5.91 Å². The summed E-state index contributed by atoms with van der Waals surface area (Å²) < 4.78 is 10.6. The number of carbonyl (C=O) groups excluding carboxylic acids is 1. The van der Waals surface area contributed by atoms with Crippen molar-refractivity contribution in [3.63, 3.8) is 0 Å². The molecule has 1 amide bonds. The Morgan fingerprint density at radius 1 is 1.37 bits per heavy atom. The number of para-hydroxylation sites is 1. The number of amides is 1. The molecule has 0 aliphatic carbocycles. The summed E-state index contributed by atoms with van der Waals surface area (Å²) >= 11 is 0. The molecule has 0 bridgehead atoms. The zero-order valence-corrected chi connectivity index (χ0v) is 16.2. The maximum Gasteiger partial charge on any atom is 0.223 e. The van der Waals surface area contributed by atoms with Gasteiger partial charge in [0.2, 0.25) is 11.8 Å². The van der Waals surface area contributed by atoms with Crippen LogP contribution in [0.5, 0.6) is 5.75 Å². The number of aryl methyl sites for hydroxylation is 1. The van der Waals surface area contributed by atoms with Crippen LogP contribution in [0.2, 0.25) is 0 Å². The lowest BCUT2D eigenvalue weighted by Crippen LogP contribution is -2.35. The van der Waals surface area contributed by atoms with E-state index in [9.17, 15) is 4.79 Å². The Hall–Kier alpha value is -2.41. The van der Waals surface area contributed by atoms with Gasteiger partial charge in [0.05, 0.1) is 7.11 Å². The number of piperidine rings is 1. The van der Waals surface area contributed by atoms with Crippen LogP contribution in [0.15, 0.2) is 28.8 Å². The van der Waals surface area contributed by atoms with Crippen LogP contribution in [0.4, 0.5) is 0 Å². The number of nitrogens with one attached hydrogen (secondary N) is 2. The summed E-state index contributed by atoms with van der Waals surface area (Å²) in [7, 11) is 1.61. The van der Waals surface area contributed by atoms with E-state index in [1.807, 2.05) is 24.3 Å². The molecule has 1 aliphatic heterocycles. The van der Waals surface area contributed by atoms with Gasteiger partial charge in [-0.3, -0.25) is 4.79 Å². The summed E-state index contributed by atoms with van der Waals surface area (Å²) in [5.74, 6) is 2.46. The van der Waals surface area contributed by atoms with Gasteiger partial charge in [0.25, 0.3) is 0 Å². The molecule has 2 unspecified atom stereocenters. The fraction of sp³-hybridized carbons (Fsp3) is 0.550. The minimum absolute atomic E-state index is 0.0145. The topological polar surface area (TPSA) is 89.3 Å². The van der Waals surface area contributed by atoms with Crippen LogP contribution >= 0.6 is 0 Å². The van der Waals surface area contributed by atoms with Gasteiger partial charge in [-0.15, -0.1) is 0 Å². The summed E-state index contributed by atoms with van der Waals surface area (Å²) in [6.45, 7) is 5.95. The van der Waals surface area contributed by atoms with E-state index >= 15 is 0 Å². The molecule has 2 aromatic rings. The number of hydrogen-bond acceptors (Lipinski definition) is 6. The Labute approximate surface area is 159 Å². The number of nitrogens with zero attached hydrogens (tertiary/aromatic N) is 2. The minimum Gasteiger partial charge on any atom is -0.496 e. The van der Waals surface area contributed by atoms with Crippen molar-refractivity contribution in [3.05, 3.63) is 41.5 Å². The molecule has 2 N–H and O–H groups in total. The van der Waals surface area contributed by atoms with E-state index in [-0.39, 0.29) is 5.91 Å². The molecular weight excluding hydrogens is 344 g/mol. The summed E-state index contributed by atoms with van der Waals surface area (Å²) in [5, 5.41) is 10.5. The largest absolute Gasteiger partial charge is 0.496 e. The van der Waals surface area contributed by atoms with Gasteiger partial charge >= 0.3 is 0 Å². The molecule has 146 valence electrons. The third-order valence-corrected chi connectivity index (χ3v) is 5.25. The van der Waals surface area contributed by atoms with Crippen molar-refractivity contribution in [1.29, 1.82) is 0 Å². The summed E-state index contributed by atoms with van der Waals surface area (Å²) in [6.07, 6.45) is 2.72. The van der Waals surface area contributed by atoms with Gasteiger partial charge in [0.15, 0.2) is 5.82 Å². The van der Waals surface area contributed by atoms with Crippen LogP contribution in [0.3, 0.4) is 0 Å². The predicted molar refractivity (Wildman–Crippen MR) is 101 cm³/mol. The van der Waals surface area contributed by atoms with E-state index in [1.165, 1.54) is 0 Å². The predicted octanol–water partition coefficient (Wildman–Crippen LogP) is 2.62. The molecule has 7 nitrogen and oxygen atoms in total. The first-order chi connectivity index (χ1) is 13.1. The highest BCUT2D eigenvalue weighted by Gasteiger charge is 2.27. The fourth-order valence-electron chi connectivity index (χ4n) is 3.71. The van der Waals surface area contributed by atoms with Crippen LogP contribution in [-0.4, -0.2) is 36.2 Å². The van der Waals surface area contributed by atoms with Crippen LogP contribution in [0.1, 0.15) is 49.5 Å². The van der Waals surface area contributed by atoms with Gasteiger partial charge in [-0.1, -0.05) is 30.3 Å². The summed E-state index contributed by atoms with van der Waals surface area (Å²) in [6, 6.07) is 7.06. The maximum atomic E-state index is 12.8. The highest BCUT2D eigenvalue weighted by atomic mass is 16.5. The Morgan fingerprint density at radius 3 is 2.78 bits per heavy atom. The van der Waals surface area contributed by atoms with E-state index in [2.05, 4.69) is 27.7 Å². The number of carbonyl (C=O) groups is 1. The van der Waals surface area contributed by atoms with Gasteiger partial charge in [-0.25, -0.2) is 0 Å². The lowest BCUT2D eigenvalue weighted by Gasteiger charge is -2.28. The Bertz CT molecular complexity index is 755. The lowest BCUT2D eigenvalue weighted by atomic mass is 9.84. The number of hydrogen-bond donors (Lipinski definition) is 2. The normalized spacial score (nSPS) is 17.3.